The van der Waals surface area contributed by atoms with Crippen LogP contribution in [-0.4, -0.2) is 41.3 Å². The molecule has 1 atom stereocenters. The first-order valence-corrected chi connectivity index (χ1v) is 9.42. The highest BCUT2D eigenvalue weighted by Crippen LogP contribution is 2.34. The van der Waals surface area contributed by atoms with Crippen LogP contribution in [0.5, 0.6) is 5.75 Å². The zero-order chi connectivity index (χ0) is 19.3. The van der Waals surface area contributed by atoms with Crippen LogP contribution < -0.4 is 4.74 Å². The molecular formula is C18H20ClNO5S. The van der Waals surface area contributed by atoms with E-state index in [1.165, 1.54) is 0 Å². The maximum absolute atomic E-state index is 12.3. The number of hydrogen-bond donors (Lipinski definition) is 0. The van der Waals surface area contributed by atoms with E-state index < -0.39 is 23.7 Å². The zero-order valence-electron chi connectivity index (χ0n) is 14.8. The number of thioether (sulfide) groups is 1. The molecule has 0 N–H and O–H groups in total. The predicted octanol–water partition coefficient (Wildman–Crippen LogP) is 4.12. The maximum Gasteiger partial charge on any atom is 0.326 e. The van der Waals surface area contributed by atoms with Crippen LogP contribution in [0.2, 0.25) is 5.02 Å². The Morgan fingerprint density at radius 1 is 1.35 bits per heavy atom. The number of carbonyl (C=O) groups excluding carboxylic acids is 3. The van der Waals surface area contributed by atoms with Crippen molar-refractivity contribution in [2.45, 2.75) is 33.3 Å². The van der Waals surface area contributed by atoms with Gasteiger partial charge in [0, 0.05) is 0 Å². The van der Waals surface area contributed by atoms with E-state index in [0.717, 1.165) is 23.1 Å². The Balaban J connectivity index is 2.14. The quantitative estimate of drug-likeness (QED) is 0.509. The summed E-state index contributed by atoms with van der Waals surface area (Å²) in [6.45, 7) is 5.42. The van der Waals surface area contributed by atoms with E-state index in [1.54, 1.807) is 31.2 Å². The molecule has 0 radical (unpaired) electrons. The average molecular weight is 398 g/mol. The molecule has 0 aliphatic carbocycles. The molecule has 1 aromatic rings. The van der Waals surface area contributed by atoms with Gasteiger partial charge < -0.3 is 9.47 Å². The number of esters is 1. The molecule has 2 amide bonds. The topological polar surface area (TPSA) is 72.9 Å². The van der Waals surface area contributed by atoms with E-state index in [1.807, 2.05) is 13.8 Å². The number of imide groups is 1. The third-order valence-corrected chi connectivity index (χ3v) is 4.83. The Morgan fingerprint density at radius 2 is 2.08 bits per heavy atom. The zero-order valence-corrected chi connectivity index (χ0v) is 16.4. The number of amides is 2. The fourth-order valence-electron chi connectivity index (χ4n) is 2.13. The van der Waals surface area contributed by atoms with Crippen LogP contribution in [0, 0.1) is 0 Å². The number of carbonyl (C=O) groups is 3. The molecule has 0 spiro atoms. The number of hydrogen-bond acceptors (Lipinski definition) is 6. The smallest absolute Gasteiger partial charge is 0.326 e. The SMILES string of the molecule is CCOC(=O)CN1C(=O)S/C(=C/c2ccc(O[C@H](C)CC)c(Cl)c2)C1=O. The lowest BCUT2D eigenvalue weighted by atomic mass is 10.2. The van der Waals surface area contributed by atoms with Crippen LogP contribution in [0.25, 0.3) is 6.08 Å². The third kappa shape index (κ3) is 5.02. The molecule has 8 heteroatoms. The molecular weight excluding hydrogens is 378 g/mol. The van der Waals surface area contributed by atoms with Gasteiger partial charge in [0.15, 0.2) is 0 Å². The average Bonchev–Trinajstić information content (AvgIpc) is 2.85. The first-order valence-electron chi connectivity index (χ1n) is 8.22. The van der Waals surface area contributed by atoms with Crippen molar-refractivity contribution in [1.82, 2.24) is 4.90 Å². The van der Waals surface area contributed by atoms with Gasteiger partial charge in [-0.3, -0.25) is 19.3 Å². The Hall–Kier alpha value is -1.99. The molecule has 0 saturated carbocycles. The monoisotopic (exact) mass is 397 g/mol. The summed E-state index contributed by atoms with van der Waals surface area (Å²) in [4.78, 5) is 36.9. The molecule has 1 aliphatic heterocycles. The Morgan fingerprint density at radius 3 is 2.69 bits per heavy atom. The van der Waals surface area contributed by atoms with Gasteiger partial charge in [0.2, 0.25) is 0 Å². The minimum absolute atomic E-state index is 0.0396. The number of halogens is 1. The second kappa shape index (κ2) is 9.09. The van der Waals surface area contributed by atoms with Crippen LogP contribution in [0.3, 0.4) is 0 Å². The highest BCUT2D eigenvalue weighted by molar-refractivity contribution is 8.18. The van der Waals surface area contributed by atoms with Gasteiger partial charge in [-0.1, -0.05) is 24.6 Å². The summed E-state index contributed by atoms with van der Waals surface area (Å²) in [7, 11) is 0. The summed E-state index contributed by atoms with van der Waals surface area (Å²) in [5, 5.41) is -0.0815. The van der Waals surface area contributed by atoms with Crippen molar-refractivity contribution >= 4 is 46.6 Å². The summed E-state index contributed by atoms with van der Waals surface area (Å²) in [6.07, 6.45) is 2.46. The van der Waals surface area contributed by atoms with Crippen LogP contribution in [0.4, 0.5) is 4.79 Å². The van der Waals surface area contributed by atoms with Crippen LogP contribution in [-0.2, 0) is 14.3 Å². The fraction of sp³-hybridized carbons (Fsp3) is 0.389. The molecule has 140 valence electrons. The number of ether oxygens (including phenoxy) is 2. The van der Waals surface area contributed by atoms with Crippen LogP contribution in [0.1, 0.15) is 32.8 Å². The minimum Gasteiger partial charge on any atom is -0.489 e. The van der Waals surface area contributed by atoms with Crippen molar-refractivity contribution in [1.29, 1.82) is 0 Å². The van der Waals surface area contributed by atoms with E-state index >= 15 is 0 Å². The van der Waals surface area contributed by atoms with Gasteiger partial charge in [-0.05, 0) is 55.8 Å². The van der Waals surface area contributed by atoms with E-state index in [2.05, 4.69) is 0 Å². The summed E-state index contributed by atoms with van der Waals surface area (Å²) in [5.41, 5.74) is 0.660. The third-order valence-electron chi connectivity index (χ3n) is 3.62. The molecule has 26 heavy (non-hydrogen) atoms. The van der Waals surface area contributed by atoms with Crippen LogP contribution >= 0.6 is 23.4 Å². The number of benzene rings is 1. The standard InChI is InChI=1S/C18H20ClNO5S/c1-4-11(3)25-14-7-6-12(8-13(14)19)9-15-17(22)20(18(23)26-15)10-16(21)24-5-2/h6-9,11H,4-5,10H2,1-3H3/b15-9+/t11-/m1/s1. The van der Waals surface area contributed by atoms with Gasteiger partial charge in [0.1, 0.15) is 12.3 Å². The molecule has 1 heterocycles. The molecule has 0 aromatic heterocycles. The molecule has 1 fully saturated rings. The molecule has 0 unspecified atom stereocenters. The van der Waals surface area contributed by atoms with Gasteiger partial charge in [-0.25, -0.2) is 0 Å². The maximum atomic E-state index is 12.3. The molecule has 2 rings (SSSR count). The van der Waals surface area contributed by atoms with Gasteiger partial charge in [-0.2, -0.15) is 0 Å². The number of nitrogens with zero attached hydrogens (tertiary/aromatic N) is 1. The van der Waals surface area contributed by atoms with Crippen molar-refractivity contribution in [3.05, 3.63) is 33.7 Å². The van der Waals surface area contributed by atoms with Crippen molar-refractivity contribution in [2.24, 2.45) is 0 Å². The Labute approximate surface area is 161 Å². The second-order valence-electron chi connectivity index (χ2n) is 5.60. The van der Waals surface area contributed by atoms with E-state index in [4.69, 9.17) is 21.1 Å². The van der Waals surface area contributed by atoms with Crippen molar-refractivity contribution in [2.75, 3.05) is 13.2 Å². The highest BCUT2D eigenvalue weighted by atomic mass is 35.5. The van der Waals surface area contributed by atoms with Gasteiger partial charge in [-0.15, -0.1) is 0 Å². The molecule has 6 nitrogen and oxygen atoms in total. The lowest BCUT2D eigenvalue weighted by Crippen LogP contribution is -2.34. The van der Waals surface area contributed by atoms with Gasteiger partial charge in [0.05, 0.1) is 22.6 Å². The normalized spacial score (nSPS) is 16.9. The van der Waals surface area contributed by atoms with Crippen molar-refractivity contribution in [3.8, 4) is 5.75 Å². The Bertz CT molecular complexity index is 749. The molecule has 0 bridgehead atoms. The lowest BCUT2D eigenvalue weighted by molar-refractivity contribution is -0.145. The minimum atomic E-state index is -0.620. The van der Waals surface area contributed by atoms with E-state index in [-0.39, 0.29) is 17.6 Å². The summed E-state index contributed by atoms with van der Waals surface area (Å²) in [5.74, 6) is -0.580. The van der Waals surface area contributed by atoms with Gasteiger partial charge in [0.25, 0.3) is 11.1 Å². The largest absolute Gasteiger partial charge is 0.489 e. The van der Waals surface area contributed by atoms with Crippen molar-refractivity contribution in [3.63, 3.8) is 0 Å². The molecule has 1 aromatic carbocycles. The first kappa shape index (κ1) is 20.3. The summed E-state index contributed by atoms with van der Waals surface area (Å²) < 4.78 is 10.5. The fourth-order valence-corrected chi connectivity index (χ4v) is 3.20. The van der Waals surface area contributed by atoms with Crippen LogP contribution in [0.15, 0.2) is 23.1 Å². The lowest BCUT2D eigenvalue weighted by Gasteiger charge is -2.14. The molecule has 1 aliphatic rings. The van der Waals surface area contributed by atoms with Crippen molar-refractivity contribution < 1.29 is 23.9 Å². The Kier molecular flexibility index (Phi) is 7.11. The first-order chi connectivity index (χ1) is 12.3. The summed E-state index contributed by atoms with van der Waals surface area (Å²) >= 11 is 7.01. The molecule has 1 saturated heterocycles. The predicted molar refractivity (Wildman–Crippen MR) is 101 cm³/mol. The number of rotatable bonds is 7. The van der Waals surface area contributed by atoms with Gasteiger partial charge >= 0.3 is 5.97 Å². The summed E-state index contributed by atoms with van der Waals surface area (Å²) in [6, 6.07) is 5.14. The highest BCUT2D eigenvalue weighted by Gasteiger charge is 2.36. The second-order valence-corrected chi connectivity index (χ2v) is 7.00. The van der Waals surface area contributed by atoms with E-state index in [9.17, 15) is 14.4 Å². The van der Waals surface area contributed by atoms with E-state index in [0.29, 0.717) is 16.3 Å².